The normalized spacial score (nSPS) is 12.1. The zero-order valence-electron chi connectivity index (χ0n) is 21.0. The van der Waals surface area contributed by atoms with Crippen LogP contribution in [0.4, 0.5) is 0 Å². The Morgan fingerprint density at radius 2 is 0.903 bits per heavy atom. The van der Waals surface area contributed by atoms with Crippen molar-refractivity contribution in [3.63, 3.8) is 0 Å². The molecule has 0 radical (unpaired) electrons. The number of rotatable bonds is 18. The van der Waals surface area contributed by atoms with E-state index in [9.17, 15) is 9.59 Å². The van der Waals surface area contributed by atoms with Crippen molar-refractivity contribution < 1.29 is 55.3 Å². The van der Waals surface area contributed by atoms with Crippen LogP contribution in [0.2, 0.25) is 0 Å². The Morgan fingerprint density at radius 1 is 0.581 bits per heavy atom. The van der Waals surface area contributed by atoms with Gasteiger partial charge in [0.1, 0.15) is 0 Å². The molecule has 0 amide bonds. The summed E-state index contributed by atoms with van der Waals surface area (Å²) in [6, 6.07) is 0. The molecule has 0 fully saturated rings. The minimum atomic E-state index is -0.206. The van der Waals surface area contributed by atoms with Gasteiger partial charge in [-0.3, -0.25) is 9.78 Å². The maximum absolute atomic E-state index is 11.5. The molecule has 0 aliphatic rings. The average Bonchev–Trinajstić information content (AvgIpc) is 2.76. The van der Waals surface area contributed by atoms with Crippen LogP contribution < -0.4 is 0 Å². The molecule has 0 N–H and O–H groups in total. The van der Waals surface area contributed by atoms with Crippen molar-refractivity contribution in [3.05, 3.63) is 0 Å². The molecule has 0 saturated heterocycles. The Hall–Kier alpha value is -0.257. The molecule has 6 nitrogen and oxygen atoms in total. The second kappa shape index (κ2) is 27.8. The van der Waals surface area contributed by atoms with E-state index < -0.39 is 0 Å². The molecule has 0 heterocycles. The molecule has 0 saturated carbocycles. The van der Waals surface area contributed by atoms with E-state index in [4.69, 9.17) is 19.6 Å². The molecular weight excluding hydrogens is 475 g/mol. The van der Waals surface area contributed by atoms with Crippen molar-refractivity contribution in [3.8, 4) is 0 Å². The molecule has 0 aliphatic carbocycles. The van der Waals surface area contributed by atoms with Crippen LogP contribution in [0.3, 0.4) is 0 Å². The number of unbranched alkanes of at least 4 members (excludes halogenated alkanes) is 4. The van der Waals surface area contributed by atoms with Crippen LogP contribution in [0.15, 0.2) is 0 Å². The first-order valence-corrected chi connectivity index (χ1v) is 12.2. The predicted molar refractivity (Wildman–Crippen MR) is 121 cm³/mol. The van der Waals surface area contributed by atoms with Crippen molar-refractivity contribution in [2.75, 3.05) is 13.2 Å². The molecular formula is C24H48O6Zr. The maximum Gasteiger partial charge on any atom is 0.345 e. The second-order valence-corrected chi connectivity index (χ2v) is 7.65. The SMILES string of the molecule is CCCCOOC(=O)C(CC)CCCC.CCCCOOC(=O)C(CC)CCCC.[Zr]. The maximum atomic E-state index is 11.5. The minimum Gasteiger partial charge on any atom is -0.298 e. The smallest absolute Gasteiger partial charge is 0.298 e. The van der Waals surface area contributed by atoms with Gasteiger partial charge in [0.2, 0.25) is 0 Å². The summed E-state index contributed by atoms with van der Waals surface area (Å²) in [5.74, 6) is -0.401. The molecule has 2 atom stereocenters. The third-order valence-electron chi connectivity index (χ3n) is 4.91. The Kier molecular flexibility index (Phi) is 31.7. The van der Waals surface area contributed by atoms with Gasteiger partial charge in [0, 0.05) is 26.2 Å². The fraction of sp³-hybridized carbons (Fsp3) is 0.917. The molecule has 7 heteroatoms. The molecule has 0 aliphatic heterocycles. The van der Waals surface area contributed by atoms with Crippen molar-refractivity contribution in [2.24, 2.45) is 11.8 Å². The summed E-state index contributed by atoms with van der Waals surface area (Å²) in [5.41, 5.74) is 0. The van der Waals surface area contributed by atoms with E-state index >= 15 is 0 Å². The monoisotopic (exact) mass is 522 g/mol. The molecule has 0 aromatic carbocycles. The standard InChI is InChI=1S/2C12H24O3.Zr/c2*1-4-7-9-11(6-3)12(13)15-14-10-8-5-2;/h2*11H,4-10H2,1-3H3;. The van der Waals surface area contributed by atoms with Crippen LogP contribution in [0.25, 0.3) is 0 Å². The topological polar surface area (TPSA) is 71.1 Å². The van der Waals surface area contributed by atoms with Gasteiger partial charge in [-0.2, -0.15) is 9.78 Å². The van der Waals surface area contributed by atoms with Gasteiger partial charge in [-0.15, -0.1) is 0 Å². The second-order valence-electron chi connectivity index (χ2n) is 7.65. The predicted octanol–water partition coefficient (Wildman–Crippen LogP) is 6.95. The van der Waals surface area contributed by atoms with E-state index in [0.717, 1.165) is 77.0 Å². The van der Waals surface area contributed by atoms with Crippen LogP contribution >= 0.6 is 0 Å². The number of carbonyl (C=O) groups excluding carboxylic acids is 2. The van der Waals surface area contributed by atoms with Crippen LogP contribution in [-0.2, 0) is 55.3 Å². The fourth-order valence-electron chi connectivity index (χ4n) is 2.62. The number of hydrogen-bond acceptors (Lipinski definition) is 6. The van der Waals surface area contributed by atoms with Gasteiger partial charge in [-0.1, -0.05) is 80.1 Å². The third-order valence-corrected chi connectivity index (χ3v) is 4.91. The molecule has 0 spiro atoms. The zero-order chi connectivity index (χ0) is 23.0. The van der Waals surface area contributed by atoms with E-state index in [1.807, 2.05) is 13.8 Å². The van der Waals surface area contributed by atoms with E-state index in [-0.39, 0.29) is 50.0 Å². The molecule has 31 heavy (non-hydrogen) atoms. The van der Waals surface area contributed by atoms with Crippen molar-refractivity contribution in [1.82, 2.24) is 0 Å². The van der Waals surface area contributed by atoms with Gasteiger partial charge < -0.3 is 0 Å². The average molecular weight is 524 g/mol. The molecule has 0 aromatic rings. The van der Waals surface area contributed by atoms with Gasteiger partial charge >= 0.3 is 11.9 Å². The zero-order valence-corrected chi connectivity index (χ0v) is 23.5. The minimum absolute atomic E-state index is 0. The number of hydrogen-bond donors (Lipinski definition) is 0. The van der Waals surface area contributed by atoms with Crippen molar-refractivity contribution >= 4 is 11.9 Å². The van der Waals surface area contributed by atoms with Gasteiger partial charge in [-0.25, -0.2) is 9.59 Å². The molecule has 184 valence electrons. The van der Waals surface area contributed by atoms with Crippen molar-refractivity contribution in [2.45, 2.75) is 119 Å². The Morgan fingerprint density at radius 3 is 1.16 bits per heavy atom. The fourth-order valence-corrected chi connectivity index (χ4v) is 2.62. The summed E-state index contributed by atoms with van der Waals surface area (Å²) in [6.07, 6.45) is 11.8. The van der Waals surface area contributed by atoms with Crippen molar-refractivity contribution in [1.29, 1.82) is 0 Å². The van der Waals surface area contributed by atoms with Crippen LogP contribution in [0.5, 0.6) is 0 Å². The van der Waals surface area contributed by atoms with Gasteiger partial charge in [0.15, 0.2) is 0 Å². The molecule has 0 bridgehead atoms. The third kappa shape index (κ3) is 22.7. The summed E-state index contributed by atoms with van der Waals surface area (Å²) in [7, 11) is 0. The van der Waals surface area contributed by atoms with E-state index in [1.165, 1.54) is 0 Å². The first kappa shape index (κ1) is 35.3. The summed E-state index contributed by atoms with van der Waals surface area (Å²) in [6.45, 7) is 13.4. The molecule has 0 aromatic heterocycles. The van der Waals surface area contributed by atoms with Crippen LogP contribution in [-0.4, -0.2) is 25.2 Å². The van der Waals surface area contributed by atoms with E-state index in [2.05, 4.69) is 27.7 Å². The van der Waals surface area contributed by atoms with Gasteiger partial charge in [0.25, 0.3) is 0 Å². The van der Waals surface area contributed by atoms with Gasteiger partial charge in [-0.05, 0) is 38.5 Å². The van der Waals surface area contributed by atoms with Crippen LogP contribution in [0.1, 0.15) is 119 Å². The summed E-state index contributed by atoms with van der Waals surface area (Å²) in [5, 5.41) is 0. The first-order chi connectivity index (χ1) is 14.5. The van der Waals surface area contributed by atoms with Crippen LogP contribution in [0, 0.1) is 11.8 Å². The van der Waals surface area contributed by atoms with Gasteiger partial charge in [0.05, 0.1) is 25.0 Å². The quantitative estimate of drug-likeness (QED) is 0.110. The summed E-state index contributed by atoms with van der Waals surface area (Å²) >= 11 is 0. The van der Waals surface area contributed by atoms with E-state index in [0.29, 0.717) is 13.2 Å². The first-order valence-electron chi connectivity index (χ1n) is 12.2. The largest absolute Gasteiger partial charge is 0.345 e. The van der Waals surface area contributed by atoms with E-state index in [1.54, 1.807) is 0 Å². The number of carbonyl (C=O) groups is 2. The molecule has 2 unspecified atom stereocenters. The Balaban J connectivity index is -0.000000490. The summed E-state index contributed by atoms with van der Waals surface area (Å²) in [4.78, 5) is 42.2. The Bertz CT molecular complexity index is 356. The molecule has 0 rings (SSSR count). The Labute approximate surface area is 210 Å². The summed E-state index contributed by atoms with van der Waals surface area (Å²) < 4.78 is 0.